The fourth-order valence-corrected chi connectivity index (χ4v) is 3.44. The minimum Gasteiger partial charge on any atom is -0.383 e. The fraction of sp³-hybridized carbons (Fsp3) is 0.222. The van der Waals surface area contributed by atoms with Crippen molar-refractivity contribution in [3.63, 3.8) is 0 Å². The Labute approximate surface area is 149 Å². The van der Waals surface area contributed by atoms with Gasteiger partial charge >= 0.3 is 0 Å². The van der Waals surface area contributed by atoms with Crippen molar-refractivity contribution >= 4 is 17.4 Å². The number of carbonyl (C=O) groups is 1. The van der Waals surface area contributed by atoms with Gasteiger partial charge in [-0.15, -0.1) is 0 Å². The van der Waals surface area contributed by atoms with Crippen LogP contribution in [0.4, 0.5) is 11.5 Å². The van der Waals surface area contributed by atoms with E-state index in [-0.39, 0.29) is 11.4 Å². The number of aryl methyl sites for hydroxylation is 3. The number of benzene rings is 1. The summed E-state index contributed by atoms with van der Waals surface area (Å²) >= 11 is 0. The van der Waals surface area contributed by atoms with Crippen LogP contribution in [-0.2, 0) is 10.4 Å². The second kappa shape index (κ2) is 5.37. The topological polar surface area (TPSA) is 119 Å². The van der Waals surface area contributed by atoms with Crippen LogP contribution in [0.1, 0.15) is 28.2 Å². The van der Waals surface area contributed by atoms with Crippen LogP contribution >= 0.6 is 0 Å². The lowest BCUT2D eigenvalue weighted by Crippen LogP contribution is -2.36. The molecule has 0 saturated carbocycles. The zero-order chi connectivity index (χ0) is 18.6. The SMILES string of the molecule is Cc1cc(C)nc(-n2nc(C)c([C@@]3(O)C(=O)Nc4ccccc43)c2N)n1. The number of anilines is 2. The van der Waals surface area contributed by atoms with E-state index in [0.29, 0.717) is 22.9 Å². The van der Waals surface area contributed by atoms with Crippen LogP contribution in [0, 0.1) is 20.8 Å². The summed E-state index contributed by atoms with van der Waals surface area (Å²) < 4.78 is 1.36. The number of aliphatic hydroxyl groups is 1. The molecule has 0 bridgehead atoms. The van der Waals surface area contributed by atoms with Gasteiger partial charge in [-0.2, -0.15) is 9.78 Å². The smallest absolute Gasteiger partial charge is 0.266 e. The summed E-state index contributed by atoms with van der Waals surface area (Å²) in [4.78, 5) is 21.3. The highest BCUT2D eigenvalue weighted by Gasteiger charge is 2.50. The predicted octanol–water partition coefficient (Wildman–Crippen LogP) is 1.36. The van der Waals surface area contributed by atoms with Crippen molar-refractivity contribution in [2.24, 2.45) is 0 Å². The van der Waals surface area contributed by atoms with Crippen molar-refractivity contribution in [1.82, 2.24) is 19.7 Å². The van der Waals surface area contributed by atoms with Gasteiger partial charge in [0, 0.05) is 22.6 Å². The van der Waals surface area contributed by atoms with Crippen LogP contribution in [0.2, 0.25) is 0 Å². The zero-order valence-electron chi connectivity index (χ0n) is 14.6. The Balaban J connectivity index is 1.95. The third-order valence-electron chi connectivity index (χ3n) is 4.51. The zero-order valence-corrected chi connectivity index (χ0v) is 14.6. The number of aromatic nitrogens is 4. The highest BCUT2D eigenvalue weighted by molar-refractivity contribution is 6.08. The first-order chi connectivity index (χ1) is 12.3. The van der Waals surface area contributed by atoms with E-state index in [0.717, 1.165) is 11.4 Å². The lowest BCUT2D eigenvalue weighted by atomic mass is 9.87. The number of hydrogen-bond acceptors (Lipinski definition) is 6. The second-order valence-electron chi connectivity index (χ2n) is 6.42. The molecule has 3 heterocycles. The van der Waals surface area contributed by atoms with Crippen molar-refractivity contribution < 1.29 is 9.90 Å². The molecular weight excluding hydrogens is 332 g/mol. The average molecular weight is 350 g/mol. The molecule has 132 valence electrons. The van der Waals surface area contributed by atoms with E-state index in [2.05, 4.69) is 20.4 Å². The number of rotatable bonds is 2. The largest absolute Gasteiger partial charge is 0.383 e. The Kier molecular flexibility index (Phi) is 3.35. The Morgan fingerprint density at radius 1 is 1.15 bits per heavy atom. The molecule has 1 aromatic carbocycles. The van der Waals surface area contributed by atoms with Crippen molar-refractivity contribution in [1.29, 1.82) is 0 Å². The van der Waals surface area contributed by atoms with E-state index in [9.17, 15) is 9.90 Å². The Morgan fingerprint density at radius 2 is 1.81 bits per heavy atom. The van der Waals surface area contributed by atoms with Gasteiger partial charge in [0.05, 0.1) is 11.3 Å². The maximum atomic E-state index is 12.6. The van der Waals surface area contributed by atoms with E-state index >= 15 is 0 Å². The standard InChI is InChI=1S/C18H18N6O2/c1-9-8-10(2)21-17(20-9)24-15(19)14(11(3)23-24)18(26)12-6-4-5-7-13(12)22-16(18)25/h4-8,26H,19H2,1-3H3,(H,22,25)/t18-/m1/s1. The molecule has 8 heteroatoms. The number of hydrogen-bond donors (Lipinski definition) is 3. The van der Waals surface area contributed by atoms with Gasteiger partial charge in [0.15, 0.2) is 0 Å². The van der Waals surface area contributed by atoms with E-state index in [4.69, 9.17) is 5.73 Å². The Bertz CT molecular complexity index is 1040. The summed E-state index contributed by atoms with van der Waals surface area (Å²) in [5, 5.41) is 18.4. The van der Waals surface area contributed by atoms with Crippen molar-refractivity contribution in [3.8, 4) is 5.95 Å². The number of fused-ring (bicyclic) bond motifs is 1. The first kappa shape index (κ1) is 16.2. The normalized spacial score (nSPS) is 18.7. The fourth-order valence-electron chi connectivity index (χ4n) is 3.44. The molecule has 0 radical (unpaired) electrons. The molecule has 0 spiro atoms. The Hall–Kier alpha value is -3.26. The van der Waals surface area contributed by atoms with E-state index < -0.39 is 11.5 Å². The second-order valence-corrected chi connectivity index (χ2v) is 6.42. The molecule has 1 aliphatic rings. The molecule has 0 saturated heterocycles. The van der Waals surface area contributed by atoms with E-state index in [1.54, 1.807) is 31.2 Å². The van der Waals surface area contributed by atoms with E-state index in [1.165, 1.54) is 4.68 Å². The summed E-state index contributed by atoms with van der Waals surface area (Å²) in [6, 6.07) is 8.80. The molecule has 0 fully saturated rings. The van der Waals surface area contributed by atoms with Crippen LogP contribution in [0.15, 0.2) is 30.3 Å². The number of para-hydroxylation sites is 1. The number of nitrogen functional groups attached to an aromatic ring is 1. The maximum Gasteiger partial charge on any atom is 0.266 e. The minimum atomic E-state index is -1.91. The van der Waals surface area contributed by atoms with Crippen molar-refractivity contribution in [2.45, 2.75) is 26.4 Å². The summed E-state index contributed by atoms with van der Waals surface area (Å²) in [5.41, 5.74) is 7.59. The lowest BCUT2D eigenvalue weighted by molar-refractivity contribution is -0.129. The quantitative estimate of drug-likeness (QED) is 0.642. The maximum absolute atomic E-state index is 12.6. The van der Waals surface area contributed by atoms with Crippen LogP contribution in [0.25, 0.3) is 5.95 Å². The molecule has 1 aliphatic heterocycles. The molecule has 1 atom stereocenters. The number of carbonyl (C=O) groups excluding carboxylic acids is 1. The van der Waals surface area contributed by atoms with Crippen LogP contribution in [0.5, 0.6) is 0 Å². The van der Waals surface area contributed by atoms with Gasteiger partial charge < -0.3 is 16.2 Å². The van der Waals surface area contributed by atoms with Crippen LogP contribution in [-0.4, -0.2) is 30.8 Å². The first-order valence-electron chi connectivity index (χ1n) is 8.14. The highest BCUT2D eigenvalue weighted by atomic mass is 16.3. The monoisotopic (exact) mass is 350 g/mol. The molecule has 26 heavy (non-hydrogen) atoms. The van der Waals surface area contributed by atoms with Crippen LogP contribution < -0.4 is 11.1 Å². The third-order valence-corrected chi connectivity index (χ3v) is 4.51. The van der Waals surface area contributed by atoms with Gasteiger partial charge in [-0.1, -0.05) is 18.2 Å². The number of amides is 1. The summed E-state index contributed by atoms with van der Waals surface area (Å²) in [6.45, 7) is 5.39. The summed E-state index contributed by atoms with van der Waals surface area (Å²) in [5.74, 6) is -0.138. The molecule has 0 unspecified atom stereocenters. The highest BCUT2D eigenvalue weighted by Crippen LogP contribution is 2.44. The predicted molar refractivity (Wildman–Crippen MR) is 95.8 cm³/mol. The van der Waals surface area contributed by atoms with Crippen molar-refractivity contribution in [3.05, 3.63) is 58.5 Å². The number of nitrogens with one attached hydrogen (secondary N) is 1. The molecule has 3 aromatic rings. The number of nitrogens with zero attached hydrogens (tertiary/aromatic N) is 4. The van der Waals surface area contributed by atoms with Gasteiger partial charge in [-0.25, -0.2) is 9.97 Å². The third kappa shape index (κ3) is 2.12. The van der Waals surface area contributed by atoms with Gasteiger partial charge in [0.2, 0.25) is 5.60 Å². The lowest BCUT2D eigenvalue weighted by Gasteiger charge is -2.21. The molecule has 0 aliphatic carbocycles. The van der Waals surface area contributed by atoms with E-state index in [1.807, 2.05) is 19.9 Å². The summed E-state index contributed by atoms with van der Waals surface area (Å²) in [7, 11) is 0. The molecule has 4 N–H and O–H groups in total. The van der Waals surface area contributed by atoms with Gasteiger partial charge in [-0.3, -0.25) is 4.79 Å². The van der Waals surface area contributed by atoms with Gasteiger partial charge in [0.1, 0.15) is 5.82 Å². The Morgan fingerprint density at radius 3 is 2.50 bits per heavy atom. The minimum absolute atomic E-state index is 0.127. The molecule has 1 amide bonds. The van der Waals surface area contributed by atoms with Crippen molar-refractivity contribution in [2.75, 3.05) is 11.1 Å². The molecule has 4 rings (SSSR count). The molecule has 8 nitrogen and oxygen atoms in total. The molecular formula is C18H18N6O2. The van der Waals surface area contributed by atoms with Gasteiger partial charge in [0.25, 0.3) is 11.9 Å². The number of nitrogens with two attached hydrogens (primary N) is 1. The van der Waals surface area contributed by atoms with Gasteiger partial charge in [-0.05, 0) is 32.9 Å². The van der Waals surface area contributed by atoms with Crippen LogP contribution in [0.3, 0.4) is 0 Å². The average Bonchev–Trinajstić information content (AvgIpc) is 3.01. The molecule has 2 aromatic heterocycles. The first-order valence-corrected chi connectivity index (χ1v) is 8.14. The summed E-state index contributed by atoms with van der Waals surface area (Å²) in [6.07, 6.45) is 0.